The van der Waals surface area contributed by atoms with Gasteiger partial charge in [0.05, 0.1) is 0 Å². The van der Waals surface area contributed by atoms with E-state index in [0.29, 0.717) is 0 Å². The SMILES string of the molecule is CC1CCCCN1CCCCN=C(N)N. The first kappa shape index (κ1) is 12.3. The Labute approximate surface area is 92.7 Å². The fourth-order valence-electron chi connectivity index (χ4n) is 2.12. The number of nitrogens with zero attached hydrogens (tertiary/aromatic N) is 2. The van der Waals surface area contributed by atoms with Crippen molar-refractivity contribution >= 4 is 5.96 Å². The minimum Gasteiger partial charge on any atom is -0.370 e. The molecule has 0 aliphatic carbocycles. The van der Waals surface area contributed by atoms with Gasteiger partial charge in [-0.15, -0.1) is 0 Å². The number of aliphatic imine (C=N–C) groups is 1. The van der Waals surface area contributed by atoms with Gasteiger partial charge in [0.15, 0.2) is 5.96 Å². The Bertz CT molecular complexity index is 199. The lowest BCUT2D eigenvalue weighted by Gasteiger charge is -2.33. The van der Waals surface area contributed by atoms with E-state index in [1.54, 1.807) is 0 Å². The van der Waals surface area contributed by atoms with Gasteiger partial charge in [0, 0.05) is 12.6 Å². The number of guanidine groups is 1. The van der Waals surface area contributed by atoms with E-state index in [2.05, 4.69) is 16.8 Å². The average molecular weight is 212 g/mol. The van der Waals surface area contributed by atoms with Crippen LogP contribution in [-0.4, -0.2) is 36.5 Å². The Balaban J connectivity index is 2.06. The van der Waals surface area contributed by atoms with Crippen LogP contribution in [0.4, 0.5) is 0 Å². The highest BCUT2D eigenvalue weighted by molar-refractivity contribution is 5.75. The first-order chi connectivity index (χ1) is 7.20. The van der Waals surface area contributed by atoms with Crippen molar-refractivity contribution in [2.75, 3.05) is 19.6 Å². The molecule has 4 nitrogen and oxygen atoms in total. The quantitative estimate of drug-likeness (QED) is 0.404. The van der Waals surface area contributed by atoms with Crippen LogP contribution in [0.25, 0.3) is 0 Å². The summed E-state index contributed by atoms with van der Waals surface area (Å²) in [6, 6.07) is 0.766. The highest BCUT2D eigenvalue weighted by atomic mass is 15.2. The van der Waals surface area contributed by atoms with E-state index >= 15 is 0 Å². The molecule has 1 aliphatic heterocycles. The van der Waals surface area contributed by atoms with Crippen LogP contribution < -0.4 is 11.5 Å². The van der Waals surface area contributed by atoms with Gasteiger partial charge in [0.1, 0.15) is 0 Å². The molecule has 1 heterocycles. The summed E-state index contributed by atoms with van der Waals surface area (Å²) >= 11 is 0. The molecule has 0 radical (unpaired) electrons. The van der Waals surface area contributed by atoms with Gasteiger partial charge in [-0.05, 0) is 45.7 Å². The molecule has 0 amide bonds. The third kappa shape index (κ3) is 5.02. The minimum absolute atomic E-state index is 0.210. The zero-order valence-electron chi connectivity index (χ0n) is 9.78. The molecular formula is C11H24N4. The van der Waals surface area contributed by atoms with Crippen LogP contribution in [0.15, 0.2) is 4.99 Å². The largest absolute Gasteiger partial charge is 0.370 e. The van der Waals surface area contributed by atoms with E-state index in [9.17, 15) is 0 Å². The van der Waals surface area contributed by atoms with Gasteiger partial charge in [-0.1, -0.05) is 6.42 Å². The summed E-state index contributed by atoms with van der Waals surface area (Å²) in [6.45, 7) is 5.56. The number of unbranched alkanes of at least 4 members (excludes halogenated alkanes) is 1. The maximum absolute atomic E-state index is 5.26. The molecule has 1 aliphatic rings. The number of piperidine rings is 1. The van der Waals surface area contributed by atoms with E-state index in [-0.39, 0.29) is 5.96 Å². The average Bonchev–Trinajstić information content (AvgIpc) is 2.20. The van der Waals surface area contributed by atoms with Crippen LogP contribution in [0.1, 0.15) is 39.0 Å². The molecule has 1 fully saturated rings. The van der Waals surface area contributed by atoms with Gasteiger partial charge < -0.3 is 16.4 Å². The van der Waals surface area contributed by atoms with Crippen molar-refractivity contribution in [1.29, 1.82) is 0 Å². The van der Waals surface area contributed by atoms with Crippen molar-refractivity contribution in [3.63, 3.8) is 0 Å². The van der Waals surface area contributed by atoms with Crippen molar-refractivity contribution in [1.82, 2.24) is 4.90 Å². The van der Waals surface area contributed by atoms with Crippen LogP contribution in [-0.2, 0) is 0 Å². The third-order valence-electron chi connectivity index (χ3n) is 3.09. The summed E-state index contributed by atoms with van der Waals surface area (Å²) in [4.78, 5) is 6.56. The number of likely N-dealkylation sites (tertiary alicyclic amines) is 1. The second-order valence-electron chi connectivity index (χ2n) is 4.39. The second-order valence-corrected chi connectivity index (χ2v) is 4.39. The lowest BCUT2D eigenvalue weighted by atomic mass is 10.0. The van der Waals surface area contributed by atoms with Crippen molar-refractivity contribution in [3.05, 3.63) is 0 Å². The lowest BCUT2D eigenvalue weighted by Crippen LogP contribution is -2.38. The monoisotopic (exact) mass is 212 g/mol. The van der Waals surface area contributed by atoms with E-state index < -0.39 is 0 Å². The molecule has 0 aromatic carbocycles. The molecule has 0 bridgehead atoms. The van der Waals surface area contributed by atoms with Gasteiger partial charge in [0.2, 0.25) is 0 Å². The van der Waals surface area contributed by atoms with Crippen LogP contribution in [0.5, 0.6) is 0 Å². The summed E-state index contributed by atoms with van der Waals surface area (Å²) in [7, 11) is 0. The molecule has 0 aromatic heterocycles. The Hall–Kier alpha value is -0.770. The molecular weight excluding hydrogens is 188 g/mol. The lowest BCUT2D eigenvalue weighted by molar-refractivity contribution is 0.158. The summed E-state index contributed by atoms with van der Waals surface area (Å²) in [5, 5.41) is 0. The van der Waals surface area contributed by atoms with Crippen LogP contribution >= 0.6 is 0 Å². The van der Waals surface area contributed by atoms with Crippen molar-refractivity contribution in [3.8, 4) is 0 Å². The van der Waals surface area contributed by atoms with Crippen LogP contribution in [0.3, 0.4) is 0 Å². The number of nitrogens with two attached hydrogens (primary N) is 2. The number of rotatable bonds is 5. The molecule has 4 N–H and O–H groups in total. The number of hydrogen-bond donors (Lipinski definition) is 2. The van der Waals surface area contributed by atoms with Gasteiger partial charge >= 0.3 is 0 Å². The Morgan fingerprint density at radius 1 is 1.33 bits per heavy atom. The van der Waals surface area contributed by atoms with E-state index in [4.69, 9.17) is 11.5 Å². The van der Waals surface area contributed by atoms with E-state index in [1.165, 1.54) is 38.8 Å². The smallest absolute Gasteiger partial charge is 0.185 e. The summed E-state index contributed by atoms with van der Waals surface area (Å²) in [5.74, 6) is 0.210. The molecule has 4 heteroatoms. The maximum Gasteiger partial charge on any atom is 0.185 e. The van der Waals surface area contributed by atoms with Gasteiger partial charge in [-0.3, -0.25) is 4.99 Å². The van der Waals surface area contributed by atoms with Crippen molar-refractivity contribution < 1.29 is 0 Å². The third-order valence-corrected chi connectivity index (χ3v) is 3.09. The Morgan fingerprint density at radius 2 is 2.13 bits per heavy atom. The number of hydrogen-bond acceptors (Lipinski definition) is 2. The predicted octanol–water partition coefficient (Wildman–Crippen LogP) is 0.914. The molecule has 1 saturated heterocycles. The summed E-state index contributed by atoms with van der Waals surface area (Å²) < 4.78 is 0. The van der Waals surface area contributed by atoms with Gasteiger partial charge in [-0.25, -0.2) is 0 Å². The first-order valence-corrected chi connectivity index (χ1v) is 5.99. The van der Waals surface area contributed by atoms with E-state index in [0.717, 1.165) is 19.0 Å². The maximum atomic E-state index is 5.26. The highest BCUT2D eigenvalue weighted by Crippen LogP contribution is 2.16. The molecule has 1 atom stereocenters. The molecule has 0 aromatic rings. The molecule has 1 unspecified atom stereocenters. The first-order valence-electron chi connectivity index (χ1n) is 5.99. The van der Waals surface area contributed by atoms with E-state index in [1.807, 2.05) is 0 Å². The minimum atomic E-state index is 0.210. The molecule has 0 saturated carbocycles. The van der Waals surface area contributed by atoms with Gasteiger partial charge in [0.25, 0.3) is 0 Å². The molecule has 15 heavy (non-hydrogen) atoms. The van der Waals surface area contributed by atoms with Crippen LogP contribution in [0, 0.1) is 0 Å². The normalized spacial score (nSPS) is 22.6. The topological polar surface area (TPSA) is 67.6 Å². The standard InChI is InChI=1S/C11H24N4/c1-10-6-2-4-8-15(10)9-5-3-7-14-11(12)13/h10H,2-9H2,1H3,(H4,12,13,14). The zero-order chi connectivity index (χ0) is 11.1. The highest BCUT2D eigenvalue weighted by Gasteiger charge is 2.16. The van der Waals surface area contributed by atoms with Gasteiger partial charge in [-0.2, -0.15) is 0 Å². The predicted molar refractivity (Wildman–Crippen MR) is 64.8 cm³/mol. The zero-order valence-corrected chi connectivity index (χ0v) is 9.78. The van der Waals surface area contributed by atoms with Crippen molar-refractivity contribution in [2.45, 2.75) is 45.1 Å². The Morgan fingerprint density at radius 3 is 2.80 bits per heavy atom. The fourth-order valence-corrected chi connectivity index (χ4v) is 2.12. The van der Waals surface area contributed by atoms with Crippen molar-refractivity contribution in [2.24, 2.45) is 16.5 Å². The summed E-state index contributed by atoms with van der Waals surface area (Å²) in [5.41, 5.74) is 10.5. The Kier molecular flexibility index (Phi) is 5.47. The molecule has 1 rings (SSSR count). The fraction of sp³-hybridized carbons (Fsp3) is 0.909. The molecule has 88 valence electrons. The summed E-state index contributed by atoms with van der Waals surface area (Å²) in [6.07, 6.45) is 6.39. The second kappa shape index (κ2) is 6.67. The van der Waals surface area contributed by atoms with Crippen LogP contribution in [0.2, 0.25) is 0 Å². The molecule has 0 spiro atoms.